The average molecular weight is 268 g/mol. The molecule has 1 aliphatic carbocycles. The third-order valence-electron chi connectivity index (χ3n) is 3.76. The fourth-order valence-electron chi connectivity index (χ4n) is 2.37. The summed E-state index contributed by atoms with van der Waals surface area (Å²) in [6.07, 6.45) is 2.64. The first-order valence-corrected chi connectivity index (χ1v) is 6.28. The lowest BCUT2D eigenvalue weighted by molar-refractivity contribution is 0.259. The van der Waals surface area contributed by atoms with Crippen LogP contribution in [0.1, 0.15) is 25.3 Å². The van der Waals surface area contributed by atoms with Crippen molar-refractivity contribution in [2.24, 2.45) is 0 Å². The van der Waals surface area contributed by atoms with E-state index < -0.39 is 0 Å². The molecule has 1 saturated carbocycles. The minimum absolute atomic E-state index is 0.410. The van der Waals surface area contributed by atoms with E-state index in [9.17, 15) is 0 Å². The van der Waals surface area contributed by atoms with Gasteiger partial charge >= 0.3 is 0 Å². The normalized spacial score (nSPS) is 20.3. The van der Waals surface area contributed by atoms with Crippen molar-refractivity contribution in [1.82, 2.24) is 4.90 Å². The van der Waals surface area contributed by atoms with E-state index in [2.05, 4.69) is 66.1 Å². The Morgan fingerprint density at radius 3 is 2.47 bits per heavy atom. The van der Waals surface area contributed by atoms with Crippen LogP contribution in [0.15, 0.2) is 28.7 Å². The quantitative estimate of drug-likeness (QED) is 0.811. The second kappa shape index (κ2) is 3.91. The van der Waals surface area contributed by atoms with Gasteiger partial charge in [-0.2, -0.15) is 0 Å². The summed E-state index contributed by atoms with van der Waals surface area (Å²) < 4.78 is 1.19. The topological polar surface area (TPSA) is 3.24 Å². The Balaban J connectivity index is 2.30. The van der Waals surface area contributed by atoms with Crippen molar-refractivity contribution in [2.45, 2.75) is 31.2 Å². The fourth-order valence-corrected chi connectivity index (χ4v) is 2.77. The number of likely N-dealkylation sites (N-methyl/N-ethyl adjacent to an activating group) is 1. The SMILES string of the molecule is CC(N(C)C)C1(c2cccc(Br)c2)CC1. The van der Waals surface area contributed by atoms with E-state index in [1.54, 1.807) is 0 Å². The van der Waals surface area contributed by atoms with Crippen LogP contribution in [0.2, 0.25) is 0 Å². The molecule has 2 heteroatoms. The van der Waals surface area contributed by atoms with Crippen LogP contribution in [0, 0.1) is 0 Å². The summed E-state index contributed by atoms with van der Waals surface area (Å²) in [5, 5.41) is 0. The summed E-state index contributed by atoms with van der Waals surface area (Å²) in [5.41, 5.74) is 1.89. The molecule has 0 radical (unpaired) electrons. The van der Waals surface area contributed by atoms with E-state index in [1.165, 1.54) is 22.9 Å². The van der Waals surface area contributed by atoms with Crippen LogP contribution < -0.4 is 0 Å². The van der Waals surface area contributed by atoms with Gasteiger partial charge in [0.15, 0.2) is 0 Å². The highest BCUT2D eigenvalue weighted by Gasteiger charge is 2.49. The predicted molar refractivity (Wildman–Crippen MR) is 68.2 cm³/mol. The zero-order chi connectivity index (χ0) is 11.1. The Morgan fingerprint density at radius 1 is 1.33 bits per heavy atom. The number of halogens is 1. The highest BCUT2D eigenvalue weighted by atomic mass is 79.9. The summed E-state index contributed by atoms with van der Waals surface area (Å²) in [6.45, 7) is 2.33. The molecule has 1 atom stereocenters. The van der Waals surface area contributed by atoms with Crippen molar-refractivity contribution in [3.8, 4) is 0 Å². The summed E-state index contributed by atoms with van der Waals surface area (Å²) >= 11 is 3.55. The molecule has 1 aliphatic rings. The van der Waals surface area contributed by atoms with Crippen LogP contribution >= 0.6 is 15.9 Å². The lowest BCUT2D eigenvalue weighted by atomic mass is 9.88. The molecule has 1 fully saturated rings. The number of nitrogens with zero attached hydrogens (tertiary/aromatic N) is 1. The molecule has 0 amide bonds. The lowest BCUT2D eigenvalue weighted by Crippen LogP contribution is -2.36. The van der Waals surface area contributed by atoms with Gasteiger partial charge in [0.25, 0.3) is 0 Å². The largest absolute Gasteiger partial charge is 0.306 e. The van der Waals surface area contributed by atoms with Crippen LogP contribution in [0.5, 0.6) is 0 Å². The smallest absolute Gasteiger partial charge is 0.0178 e. The number of benzene rings is 1. The molecule has 0 aromatic heterocycles. The van der Waals surface area contributed by atoms with Gasteiger partial charge < -0.3 is 4.90 Å². The first-order chi connectivity index (χ1) is 7.06. The minimum Gasteiger partial charge on any atom is -0.306 e. The molecule has 0 spiro atoms. The maximum absolute atomic E-state index is 3.55. The standard InChI is InChI=1S/C13H18BrN/c1-10(15(2)3)13(7-8-13)11-5-4-6-12(14)9-11/h4-6,9-10H,7-8H2,1-3H3. The Labute approximate surface area is 101 Å². The van der Waals surface area contributed by atoms with E-state index >= 15 is 0 Å². The molecule has 1 nitrogen and oxygen atoms in total. The molecule has 15 heavy (non-hydrogen) atoms. The molecule has 0 aliphatic heterocycles. The second-order valence-electron chi connectivity index (χ2n) is 4.81. The van der Waals surface area contributed by atoms with E-state index in [0.29, 0.717) is 11.5 Å². The van der Waals surface area contributed by atoms with Crippen LogP contribution in [0.4, 0.5) is 0 Å². The van der Waals surface area contributed by atoms with Crippen LogP contribution in [0.25, 0.3) is 0 Å². The van der Waals surface area contributed by atoms with Crippen molar-refractivity contribution in [1.29, 1.82) is 0 Å². The maximum atomic E-state index is 3.55. The highest BCUT2D eigenvalue weighted by molar-refractivity contribution is 9.10. The van der Waals surface area contributed by atoms with Gasteiger partial charge in [-0.15, -0.1) is 0 Å². The van der Waals surface area contributed by atoms with Gasteiger partial charge in [0.1, 0.15) is 0 Å². The van der Waals surface area contributed by atoms with Crippen LogP contribution in [0.3, 0.4) is 0 Å². The fraction of sp³-hybridized carbons (Fsp3) is 0.538. The number of hydrogen-bond acceptors (Lipinski definition) is 1. The third-order valence-corrected chi connectivity index (χ3v) is 4.26. The first-order valence-electron chi connectivity index (χ1n) is 5.49. The Hall–Kier alpha value is -0.340. The van der Waals surface area contributed by atoms with E-state index in [-0.39, 0.29) is 0 Å². The third kappa shape index (κ3) is 1.98. The van der Waals surface area contributed by atoms with E-state index in [0.717, 1.165) is 0 Å². The molecule has 82 valence electrons. The van der Waals surface area contributed by atoms with Gasteiger partial charge in [-0.1, -0.05) is 28.1 Å². The molecule has 0 saturated heterocycles. The zero-order valence-electron chi connectivity index (χ0n) is 9.63. The number of rotatable bonds is 3. The minimum atomic E-state index is 0.410. The van der Waals surface area contributed by atoms with Gasteiger partial charge in [-0.25, -0.2) is 0 Å². The van der Waals surface area contributed by atoms with Crippen molar-refractivity contribution >= 4 is 15.9 Å². The Bertz CT molecular complexity index is 355. The molecule has 0 N–H and O–H groups in total. The Morgan fingerprint density at radius 2 is 2.00 bits per heavy atom. The molecule has 0 heterocycles. The van der Waals surface area contributed by atoms with E-state index in [4.69, 9.17) is 0 Å². The van der Waals surface area contributed by atoms with Gasteiger partial charge in [-0.05, 0) is 51.6 Å². The van der Waals surface area contributed by atoms with Gasteiger partial charge in [0.2, 0.25) is 0 Å². The Kier molecular flexibility index (Phi) is 2.91. The van der Waals surface area contributed by atoms with Crippen molar-refractivity contribution < 1.29 is 0 Å². The monoisotopic (exact) mass is 267 g/mol. The average Bonchev–Trinajstić information content (AvgIpc) is 2.97. The van der Waals surface area contributed by atoms with Gasteiger partial charge in [0, 0.05) is 15.9 Å². The summed E-state index contributed by atoms with van der Waals surface area (Å²) in [4.78, 5) is 2.33. The molecule has 1 unspecified atom stereocenters. The maximum Gasteiger partial charge on any atom is 0.0178 e. The van der Waals surface area contributed by atoms with Gasteiger partial charge in [-0.3, -0.25) is 0 Å². The summed E-state index contributed by atoms with van der Waals surface area (Å²) in [6, 6.07) is 9.39. The molecular weight excluding hydrogens is 250 g/mol. The van der Waals surface area contributed by atoms with Gasteiger partial charge in [0.05, 0.1) is 0 Å². The number of hydrogen-bond donors (Lipinski definition) is 0. The van der Waals surface area contributed by atoms with E-state index in [1.807, 2.05) is 0 Å². The summed E-state index contributed by atoms with van der Waals surface area (Å²) in [7, 11) is 4.34. The first kappa shape index (κ1) is 11.2. The zero-order valence-corrected chi connectivity index (χ0v) is 11.2. The molecule has 0 bridgehead atoms. The molecule has 1 aromatic rings. The van der Waals surface area contributed by atoms with Crippen molar-refractivity contribution in [3.63, 3.8) is 0 Å². The highest BCUT2D eigenvalue weighted by Crippen LogP contribution is 2.52. The van der Waals surface area contributed by atoms with Crippen LogP contribution in [-0.2, 0) is 5.41 Å². The van der Waals surface area contributed by atoms with Crippen molar-refractivity contribution in [3.05, 3.63) is 34.3 Å². The second-order valence-corrected chi connectivity index (χ2v) is 5.72. The van der Waals surface area contributed by atoms with Crippen molar-refractivity contribution in [2.75, 3.05) is 14.1 Å². The lowest BCUT2D eigenvalue weighted by Gasteiger charge is -2.30. The van der Waals surface area contributed by atoms with Crippen LogP contribution in [-0.4, -0.2) is 25.0 Å². The predicted octanol–water partition coefficient (Wildman–Crippen LogP) is 3.43. The molecular formula is C13H18BrN. The molecule has 1 aromatic carbocycles. The summed E-state index contributed by atoms with van der Waals surface area (Å²) in [5.74, 6) is 0. The molecule has 2 rings (SSSR count).